The van der Waals surface area contributed by atoms with Crippen molar-refractivity contribution < 1.29 is 0 Å². The van der Waals surface area contributed by atoms with Crippen molar-refractivity contribution in [3.63, 3.8) is 0 Å². The van der Waals surface area contributed by atoms with Crippen molar-refractivity contribution >= 4 is 0 Å². The molecule has 3 aliphatic carbocycles. The van der Waals surface area contributed by atoms with Gasteiger partial charge in [-0.15, -0.1) is 0 Å². The van der Waals surface area contributed by atoms with Gasteiger partial charge in [0.25, 0.3) is 0 Å². The number of nitrogens with one attached hydrogen (secondary N) is 1. The molecule has 3 rings (SSSR count). The number of fused-ring (bicyclic) bond motifs is 1. The van der Waals surface area contributed by atoms with Crippen LogP contribution in [0.25, 0.3) is 0 Å². The molecule has 0 aromatic rings. The summed E-state index contributed by atoms with van der Waals surface area (Å²) in [6.07, 6.45) is 18.2. The minimum atomic E-state index is 0.825. The molecule has 0 radical (unpaired) electrons. The van der Waals surface area contributed by atoms with Crippen LogP contribution in [-0.4, -0.2) is 13.1 Å². The van der Waals surface area contributed by atoms with E-state index in [1.165, 1.54) is 57.8 Å². The summed E-state index contributed by atoms with van der Waals surface area (Å²) in [5.41, 5.74) is 0. The van der Waals surface area contributed by atoms with Gasteiger partial charge in [-0.05, 0) is 56.4 Å². The summed E-state index contributed by atoms with van der Waals surface area (Å²) in [6, 6.07) is 0.825. The third-order valence-corrected chi connectivity index (χ3v) is 6.58. The maximum absolute atomic E-state index is 3.69. The van der Waals surface area contributed by atoms with Gasteiger partial charge in [-0.25, -0.2) is 0 Å². The van der Waals surface area contributed by atoms with E-state index in [0.29, 0.717) is 0 Å². The van der Waals surface area contributed by atoms with E-state index >= 15 is 0 Å². The molecule has 0 aliphatic heterocycles. The van der Waals surface area contributed by atoms with Crippen LogP contribution >= 0.6 is 0 Å². The van der Waals surface area contributed by atoms with Crippen LogP contribution in [-0.2, 0) is 0 Å². The molecule has 3 fully saturated rings. The molecule has 4 unspecified atom stereocenters. The van der Waals surface area contributed by atoms with Gasteiger partial charge in [0.1, 0.15) is 0 Å². The summed E-state index contributed by atoms with van der Waals surface area (Å²) < 4.78 is 0. The average Bonchev–Trinajstić information content (AvgIpc) is 2.97. The zero-order valence-electron chi connectivity index (χ0n) is 12.9. The number of hydrogen-bond acceptors (Lipinski definition) is 1. The Morgan fingerprint density at radius 1 is 0.842 bits per heavy atom. The first-order valence-corrected chi connectivity index (χ1v) is 9.04. The van der Waals surface area contributed by atoms with E-state index in [4.69, 9.17) is 0 Å². The van der Waals surface area contributed by atoms with E-state index in [0.717, 1.165) is 29.7 Å². The van der Waals surface area contributed by atoms with Crippen LogP contribution in [0.5, 0.6) is 0 Å². The van der Waals surface area contributed by atoms with Crippen molar-refractivity contribution in [1.29, 1.82) is 0 Å². The summed E-state index contributed by atoms with van der Waals surface area (Å²) in [5.74, 6) is 4.23. The van der Waals surface area contributed by atoms with E-state index < -0.39 is 0 Å². The minimum Gasteiger partial charge on any atom is -0.317 e. The summed E-state index contributed by atoms with van der Waals surface area (Å²) >= 11 is 0. The first-order chi connectivity index (χ1) is 9.36. The average molecular weight is 263 g/mol. The largest absolute Gasteiger partial charge is 0.317 e. The van der Waals surface area contributed by atoms with Crippen LogP contribution in [0.15, 0.2) is 0 Å². The van der Waals surface area contributed by atoms with Crippen LogP contribution < -0.4 is 5.32 Å². The second-order valence-corrected chi connectivity index (χ2v) is 7.66. The van der Waals surface area contributed by atoms with E-state index in [-0.39, 0.29) is 0 Å². The summed E-state index contributed by atoms with van der Waals surface area (Å²) in [6.45, 7) is 0. The monoisotopic (exact) mass is 263 g/mol. The Labute approximate surface area is 119 Å². The highest BCUT2D eigenvalue weighted by molar-refractivity contribution is 4.89. The molecule has 3 saturated carbocycles. The van der Waals surface area contributed by atoms with Crippen molar-refractivity contribution in [2.24, 2.45) is 23.7 Å². The van der Waals surface area contributed by atoms with Gasteiger partial charge < -0.3 is 5.32 Å². The topological polar surface area (TPSA) is 12.0 Å². The lowest BCUT2D eigenvalue weighted by Gasteiger charge is -2.42. The van der Waals surface area contributed by atoms with Crippen molar-refractivity contribution in [2.75, 3.05) is 7.05 Å². The second-order valence-electron chi connectivity index (χ2n) is 7.66. The van der Waals surface area contributed by atoms with Crippen LogP contribution in [0.4, 0.5) is 0 Å². The van der Waals surface area contributed by atoms with Gasteiger partial charge in [0.2, 0.25) is 0 Å². The van der Waals surface area contributed by atoms with Gasteiger partial charge in [-0.2, -0.15) is 0 Å². The van der Waals surface area contributed by atoms with E-state index in [1.54, 1.807) is 19.3 Å². The molecule has 0 bridgehead atoms. The molecule has 0 aromatic carbocycles. The smallest absolute Gasteiger partial charge is 0.00950 e. The van der Waals surface area contributed by atoms with Gasteiger partial charge >= 0.3 is 0 Å². The Morgan fingerprint density at radius 3 is 2.26 bits per heavy atom. The van der Waals surface area contributed by atoms with Crippen LogP contribution in [0.2, 0.25) is 0 Å². The van der Waals surface area contributed by atoms with Crippen LogP contribution in [0.1, 0.15) is 77.0 Å². The molecule has 3 aliphatic rings. The number of rotatable bonds is 4. The number of hydrogen-bond donors (Lipinski definition) is 1. The lowest BCUT2D eigenvalue weighted by atomic mass is 9.65. The highest BCUT2D eigenvalue weighted by Crippen LogP contribution is 2.44. The van der Waals surface area contributed by atoms with Crippen molar-refractivity contribution in [3.05, 3.63) is 0 Å². The highest BCUT2D eigenvalue weighted by atomic mass is 14.9. The van der Waals surface area contributed by atoms with Crippen molar-refractivity contribution in [1.82, 2.24) is 5.32 Å². The van der Waals surface area contributed by atoms with Gasteiger partial charge in [0, 0.05) is 6.04 Å². The molecule has 4 atom stereocenters. The first-order valence-electron chi connectivity index (χ1n) is 9.04. The molecular weight excluding hydrogens is 230 g/mol. The Morgan fingerprint density at radius 2 is 1.53 bits per heavy atom. The van der Waals surface area contributed by atoms with E-state index in [1.807, 2.05) is 0 Å². The quantitative estimate of drug-likeness (QED) is 0.771. The standard InChI is InChI=1S/C18H33N/c1-19-18(12-14-6-2-3-7-14)17-11-10-15-8-4-5-9-16(15)13-17/h14-19H,2-13H2,1H3. The fraction of sp³-hybridized carbons (Fsp3) is 1.00. The molecule has 110 valence electrons. The van der Waals surface area contributed by atoms with E-state index in [2.05, 4.69) is 12.4 Å². The normalized spacial score (nSPS) is 38.1. The summed E-state index contributed by atoms with van der Waals surface area (Å²) in [4.78, 5) is 0. The Hall–Kier alpha value is -0.0400. The molecular formula is C18H33N. The molecule has 1 nitrogen and oxygen atoms in total. The Bertz CT molecular complexity index is 269. The fourth-order valence-corrected chi connectivity index (χ4v) is 5.43. The molecule has 0 heterocycles. The molecule has 0 aromatic heterocycles. The first kappa shape index (κ1) is 13.9. The second kappa shape index (κ2) is 6.61. The minimum absolute atomic E-state index is 0.825. The van der Waals surface area contributed by atoms with Crippen molar-refractivity contribution in [2.45, 2.75) is 83.1 Å². The third kappa shape index (κ3) is 3.35. The third-order valence-electron chi connectivity index (χ3n) is 6.58. The lowest BCUT2D eigenvalue weighted by Crippen LogP contribution is -2.40. The maximum Gasteiger partial charge on any atom is 0.00950 e. The molecule has 19 heavy (non-hydrogen) atoms. The van der Waals surface area contributed by atoms with Gasteiger partial charge in [0.15, 0.2) is 0 Å². The molecule has 1 N–H and O–H groups in total. The maximum atomic E-state index is 3.69. The van der Waals surface area contributed by atoms with Crippen LogP contribution in [0.3, 0.4) is 0 Å². The SMILES string of the molecule is CNC(CC1CCCC1)C1CCC2CCCCC2C1. The zero-order valence-corrected chi connectivity index (χ0v) is 12.9. The molecule has 0 saturated heterocycles. The zero-order chi connectivity index (χ0) is 13.1. The van der Waals surface area contributed by atoms with Gasteiger partial charge in [-0.1, -0.05) is 51.4 Å². The molecule has 0 amide bonds. The van der Waals surface area contributed by atoms with Gasteiger partial charge in [0.05, 0.1) is 0 Å². The fourth-order valence-electron chi connectivity index (χ4n) is 5.43. The van der Waals surface area contributed by atoms with Gasteiger partial charge in [-0.3, -0.25) is 0 Å². The van der Waals surface area contributed by atoms with Crippen LogP contribution in [0, 0.1) is 23.7 Å². The molecule has 0 spiro atoms. The lowest BCUT2D eigenvalue weighted by molar-refractivity contribution is 0.105. The van der Waals surface area contributed by atoms with Crippen molar-refractivity contribution in [3.8, 4) is 0 Å². The predicted molar refractivity (Wildman–Crippen MR) is 82.2 cm³/mol. The predicted octanol–water partition coefficient (Wildman–Crippen LogP) is 4.76. The van der Waals surface area contributed by atoms with E-state index in [9.17, 15) is 0 Å². The molecule has 1 heteroatoms. The Balaban J connectivity index is 1.54. The highest BCUT2D eigenvalue weighted by Gasteiger charge is 2.35. The summed E-state index contributed by atoms with van der Waals surface area (Å²) in [7, 11) is 2.21. The Kier molecular flexibility index (Phi) is 4.84. The summed E-state index contributed by atoms with van der Waals surface area (Å²) in [5, 5.41) is 3.69.